The maximum atomic E-state index is 11.8. The van der Waals surface area contributed by atoms with Crippen LogP contribution in [0.25, 0.3) is 0 Å². The van der Waals surface area contributed by atoms with Crippen molar-refractivity contribution in [1.82, 2.24) is 9.97 Å². The van der Waals surface area contributed by atoms with Crippen molar-refractivity contribution in [3.05, 3.63) is 11.0 Å². The summed E-state index contributed by atoms with van der Waals surface area (Å²) in [6, 6.07) is 0.192. The van der Waals surface area contributed by atoms with Crippen molar-refractivity contribution in [2.45, 2.75) is 36.3 Å². The minimum absolute atomic E-state index is 0.185. The van der Waals surface area contributed by atoms with Gasteiger partial charge in [0.15, 0.2) is 0 Å². The second-order valence-corrected chi connectivity index (χ2v) is 6.23. The van der Waals surface area contributed by atoms with E-state index in [1.807, 2.05) is 0 Å². The van der Waals surface area contributed by atoms with Crippen LogP contribution in [0.5, 0.6) is 0 Å². The maximum Gasteiger partial charge on any atom is 0.224 e. The molecule has 0 amide bonds. The monoisotopic (exact) mass is 273 g/mol. The van der Waals surface area contributed by atoms with Crippen LogP contribution < -0.4 is 5.32 Å². The number of aliphatic hydroxyl groups excluding tert-OH is 1. The van der Waals surface area contributed by atoms with Gasteiger partial charge in [-0.15, -0.1) is 0 Å². The number of aromatic nitrogens is 2. The molecule has 7 heteroatoms. The molecule has 1 aliphatic heterocycles. The smallest absolute Gasteiger partial charge is 0.224 e. The highest BCUT2D eigenvalue weighted by Crippen LogP contribution is 2.31. The highest BCUT2D eigenvalue weighted by Gasteiger charge is 2.31. The van der Waals surface area contributed by atoms with Crippen molar-refractivity contribution >= 4 is 28.2 Å². The number of hydrogen-bond donors (Lipinski definition) is 2. The highest BCUT2D eigenvalue weighted by atomic mass is 35.5. The van der Waals surface area contributed by atoms with Gasteiger partial charge in [-0.25, -0.2) is 4.98 Å². The fourth-order valence-corrected chi connectivity index (χ4v) is 3.66. The molecule has 0 radical (unpaired) electrons. The largest absolute Gasteiger partial charge is 0.393 e. The first-order valence-corrected chi connectivity index (χ1v) is 7.22. The summed E-state index contributed by atoms with van der Waals surface area (Å²) < 4.78 is 11.8. The summed E-state index contributed by atoms with van der Waals surface area (Å²) in [6.07, 6.45) is 1.85. The van der Waals surface area contributed by atoms with E-state index in [1.165, 1.54) is 0 Å². The zero-order valence-electron chi connectivity index (χ0n) is 9.02. The SMILES string of the molecule is O=[S@]1CCc2nc(Cl)nc(NC3CC(O)C3)c21. The third-order valence-electron chi connectivity index (χ3n) is 3.11. The Hall–Kier alpha value is -0.720. The lowest BCUT2D eigenvalue weighted by atomic mass is 9.89. The number of nitrogens with zero attached hydrogens (tertiary/aromatic N) is 2. The van der Waals surface area contributed by atoms with Gasteiger partial charge in [0.25, 0.3) is 0 Å². The van der Waals surface area contributed by atoms with E-state index in [0.717, 1.165) is 5.69 Å². The normalized spacial score (nSPS) is 30.8. The van der Waals surface area contributed by atoms with Crippen LogP contribution in [0.4, 0.5) is 5.82 Å². The summed E-state index contributed by atoms with van der Waals surface area (Å²) >= 11 is 5.84. The Labute approximate surface area is 106 Å². The van der Waals surface area contributed by atoms with Crippen LogP contribution in [0.2, 0.25) is 5.28 Å². The van der Waals surface area contributed by atoms with Crippen molar-refractivity contribution in [3.63, 3.8) is 0 Å². The van der Waals surface area contributed by atoms with Crippen molar-refractivity contribution in [2.24, 2.45) is 0 Å². The molecule has 0 aromatic carbocycles. The van der Waals surface area contributed by atoms with E-state index in [0.29, 0.717) is 35.7 Å². The van der Waals surface area contributed by atoms with Crippen LogP contribution in [-0.4, -0.2) is 37.2 Å². The van der Waals surface area contributed by atoms with Crippen molar-refractivity contribution in [3.8, 4) is 0 Å². The molecular formula is C10H12ClN3O2S. The van der Waals surface area contributed by atoms with Gasteiger partial charge in [-0.2, -0.15) is 4.98 Å². The van der Waals surface area contributed by atoms with E-state index < -0.39 is 10.8 Å². The Balaban J connectivity index is 1.90. The molecule has 3 rings (SSSR count). The lowest BCUT2D eigenvalue weighted by Gasteiger charge is -2.32. The molecule has 0 bridgehead atoms. The van der Waals surface area contributed by atoms with Crippen molar-refractivity contribution in [1.29, 1.82) is 0 Å². The van der Waals surface area contributed by atoms with E-state index >= 15 is 0 Å². The van der Waals surface area contributed by atoms with Gasteiger partial charge in [-0.3, -0.25) is 4.21 Å². The summed E-state index contributed by atoms with van der Waals surface area (Å²) in [5, 5.41) is 12.6. The van der Waals surface area contributed by atoms with Crippen LogP contribution in [-0.2, 0) is 17.2 Å². The Morgan fingerprint density at radius 2 is 2.18 bits per heavy atom. The van der Waals surface area contributed by atoms with Gasteiger partial charge in [0.2, 0.25) is 5.28 Å². The van der Waals surface area contributed by atoms with Gasteiger partial charge in [0.1, 0.15) is 10.7 Å². The van der Waals surface area contributed by atoms with Crippen LogP contribution in [0.3, 0.4) is 0 Å². The summed E-state index contributed by atoms with van der Waals surface area (Å²) in [6.45, 7) is 0. The van der Waals surface area contributed by atoms with Crippen molar-refractivity contribution < 1.29 is 9.32 Å². The Kier molecular flexibility index (Phi) is 2.80. The first-order chi connectivity index (χ1) is 8.13. The second kappa shape index (κ2) is 4.19. The van der Waals surface area contributed by atoms with Crippen molar-refractivity contribution in [2.75, 3.05) is 11.1 Å². The molecule has 0 spiro atoms. The second-order valence-electron chi connectivity index (χ2n) is 4.38. The number of hydrogen-bond acceptors (Lipinski definition) is 5. The van der Waals surface area contributed by atoms with Crippen LogP contribution in [0.15, 0.2) is 4.90 Å². The molecule has 1 saturated carbocycles. The molecule has 1 aliphatic carbocycles. The minimum atomic E-state index is -1.03. The van der Waals surface area contributed by atoms with E-state index in [2.05, 4.69) is 15.3 Å². The van der Waals surface area contributed by atoms with Gasteiger partial charge >= 0.3 is 0 Å². The molecule has 1 aromatic rings. The standard InChI is InChI=1S/C10H12ClN3O2S/c11-10-13-7-1-2-17(16)8(7)9(14-10)12-5-3-6(15)4-5/h5-6,15H,1-4H2,(H,12,13,14)/t5?,6?,17-/m0/s1. The Morgan fingerprint density at radius 3 is 2.88 bits per heavy atom. The molecule has 2 N–H and O–H groups in total. The average Bonchev–Trinajstić information content (AvgIpc) is 2.58. The lowest BCUT2D eigenvalue weighted by Crippen LogP contribution is -2.39. The molecular weight excluding hydrogens is 262 g/mol. The minimum Gasteiger partial charge on any atom is -0.393 e. The summed E-state index contributed by atoms with van der Waals surface area (Å²) in [5.74, 6) is 1.17. The van der Waals surface area contributed by atoms with E-state index in [-0.39, 0.29) is 17.4 Å². The van der Waals surface area contributed by atoms with Gasteiger partial charge in [-0.1, -0.05) is 0 Å². The first-order valence-electron chi connectivity index (χ1n) is 5.53. The van der Waals surface area contributed by atoms with E-state index in [9.17, 15) is 9.32 Å². The molecule has 1 aromatic heterocycles. The summed E-state index contributed by atoms with van der Waals surface area (Å²) in [5.41, 5.74) is 0.783. The number of fused-ring (bicyclic) bond motifs is 1. The predicted octanol–water partition coefficient (Wildman–Crippen LogP) is 0.729. The Bertz CT molecular complexity index is 491. The van der Waals surface area contributed by atoms with Gasteiger partial charge < -0.3 is 10.4 Å². The fraction of sp³-hybridized carbons (Fsp3) is 0.600. The number of aryl methyl sites for hydroxylation is 1. The van der Waals surface area contributed by atoms with Crippen LogP contribution in [0, 0.1) is 0 Å². The zero-order chi connectivity index (χ0) is 12.0. The molecule has 0 unspecified atom stereocenters. The quantitative estimate of drug-likeness (QED) is 0.777. The first kappa shape index (κ1) is 11.4. The molecule has 5 nitrogen and oxygen atoms in total. The molecule has 92 valence electrons. The summed E-state index contributed by atoms with van der Waals surface area (Å²) in [4.78, 5) is 8.90. The molecule has 2 heterocycles. The third-order valence-corrected chi connectivity index (χ3v) is 4.74. The zero-order valence-corrected chi connectivity index (χ0v) is 10.6. The number of nitrogens with one attached hydrogen (secondary N) is 1. The Morgan fingerprint density at radius 1 is 1.41 bits per heavy atom. The molecule has 17 heavy (non-hydrogen) atoms. The van der Waals surface area contributed by atoms with Gasteiger partial charge in [0.05, 0.1) is 22.6 Å². The third kappa shape index (κ3) is 2.05. The van der Waals surface area contributed by atoms with Crippen LogP contribution >= 0.6 is 11.6 Å². The predicted molar refractivity (Wildman–Crippen MR) is 64.7 cm³/mol. The number of aliphatic hydroxyl groups is 1. The topological polar surface area (TPSA) is 75.1 Å². The highest BCUT2D eigenvalue weighted by molar-refractivity contribution is 7.85. The lowest BCUT2D eigenvalue weighted by molar-refractivity contribution is 0.0834. The van der Waals surface area contributed by atoms with E-state index in [1.54, 1.807) is 0 Å². The maximum absolute atomic E-state index is 11.8. The average molecular weight is 274 g/mol. The molecule has 0 saturated heterocycles. The summed E-state index contributed by atoms with van der Waals surface area (Å²) in [7, 11) is -1.03. The van der Waals surface area contributed by atoms with Gasteiger partial charge in [-0.05, 0) is 24.4 Å². The number of rotatable bonds is 2. The molecule has 1 atom stereocenters. The van der Waals surface area contributed by atoms with Gasteiger partial charge in [0, 0.05) is 18.2 Å². The van der Waals surface area contributed by atoms with Crippen LogP contribution in [0.1, 0.15) is 18.5 Å². The number of halogens is 1. The fourth-order valence-electron chi connectivity index (χ4n) is 2.16. The molecule has 2 aliphatic rings. The molecule has 1 fully saturated rings. The number of anilines is 1. The van der Waals surface area contributed by atoms with E-state index in [4.69, 9.17) is 11.6 Å².